The molecule has 22 heavy (non-hydrogen) atoms. The number of hydroxylamine groups is 2. The average molecular weight is 312 g/mol. The first kappa shape index (κ1) is 13.9. The normalized spacial score (nSPS) is 24.1. The number of rotatable bonds is 3. The van der Waals surface area contributed by atoms with Gasteiger partial charge >= 0.3 is 0 Å². The second kappa shape index (κ2) is 5.45. The van der Waals surface area contributed by atoms with Gasteiger partial charge in [-0.2, -0.15) is 0 Å². The fourth-order valence-electron chi connectivity index (χ4n) is 3.45. The smallest absolute Gasteiger partial charge is 0.207 e. The van der Waals surface area contributed by atoms with Crippen LogP contribution in [0, 0.1) is 0 Å². The van der Waals surface area contributed by atoms with Crippen molar-refractivity contribution in [3.05, 3.63) is 69.2 Å². The lowest BCUT2D eigenvalue weighted by atomic mass is 10.1. The highest BCUT2D eigenvalue weighted by Gasteiger charge is 2.38. The van der Waals surface area contributed by atoms with E-state index in [4.69, 9.17) is 10.6 Å². The molecule has 0 fully saturated rings. The van der Waals surface area contributed by atoms with Crippen LogP contribution in [0.5, 0.6) is 0 Å². The van der Waals surface area contributed by atoms with Gasteiger partial charge < -0.3 is 10.6 Å². The van der Waals surface area contributed by atoms with E-state index in [1.165, 1.54) is 20.9 Å². The standard InChI is InChI=1S/C18H20N2OS/c1-2-13-8-10-17(22-13)16-11-18(19)21-20(16)15-9-7-12-5-3-4-6-14(12)15/h3-6,8,10-11,15-16H,2,7,9,19H2,1H3. The number of hydrogen-bond donors (Lipinski definition) is 1. The fraction of sp³-hybridized carbons (Fsp3) is 0.333. The van der Waals surface area contributed by atoms with E-state index in [2.05, 4.69) is 48.4 Å². The van der Waals surface area contributed by atoms with Gasteiger partial charge in [-0.05, 0) is 42.5 Å². The zero-order valence-electron chi connectivity index (χ0n) is 12.7. The number of nitrogens with two attached hydrogens (primary N) is 1. The first-order valence-electron chi connectivity index (χ1n) is 7.86. The van der Waals surface area contributed by atoms with Gasteiger partial charge in [0.25, 0.3) is 0 Å². The van der Waals surface area contributed by atoms with Crippen LogP contribution in [0.2, 0.25) is 0 Å². The van der Waals surface area contributed by atoms with E-state index in [1.54, 1.807) is 0 Å². The summed E-state index contributed by atoms with van der Waals surface area (Å²) in [4.78, 5) is 8.60. The molecule has 2 aromatic rings. The Labute approximate surface area is 135 Å². The van der Waals surface area contributed by atoms with Gasteiger partial charge in [0.05, 0.1) is 6.04 Å². The molecule has 0 spiro atoms. The van der Waals surface area contributed by atoms with E-state index >= 15 is 0 Å². The summed E-state index contributed by atoms with van der Waals surface area (Å²) >= 11 is 1.85. The maximum atomic E-state index is 5.98. The third kappa shape index (κ3) is 2.23. The fourth-order valence-corrected chi connectivity index (χ4v) is 4.46. The van der Waals surface area contributed by atoms with Crippen LogP contribution in [0.25, 0.3) is 0 Å². The minimum absolute atomic E-state index is 0.126. The Morgan fingerprint density at radius 1 is 1.27 bits per heavy atom. The first-order valence-corrected chi connectivity index (χ1v) is 8.68. The monoisotopic (exact) mass is 312 g/mol. The molecule has 2 atom stereocenters. The molecule has 0 bridgehead atoms. The zero-order chi connectivity index (χ0) is 15.1. The van der Waals surface area contributed by atoms with Crippen molar-refractivity contribution < 1.29 is 4.84 Å². The highest BCUT2D eigenvalue weighted by atomic mass is 32.1. The van der Waals surface area contributed by atoms with Crippen LogP contribution in [0.3, 0.4) is 0 Å². The number of fused-ring (bicyclic) bond motifs is 1. The lowest BCUT2D eigenvalue weighted by molar-refractivity contribution is -0.153. The van der Waals surface area contributed by atoms with E-state index in [9.17, 15) is 0 Å². The molecule has 114 valence electrons. The van der Waals surface area contributed by atoms with Gasteiger partial charge in [-0.1, -0.05) is 31.2 Å². The second-order valence-corrected chi connectivity index (χ2v) is 7.08. The minimum Gasteiger partial charge on any atom is -0.387 e. The maximum Gasteiger partial charge on any atom is 0.207 e. The predicted octanol–water partition coefficient (Wildman–Crippen LogP) is 4.09. The second-order valence-electron chi connectivity index (χ2n) is 5.88. The van der Waals surface area contributed by atoms with Gasteiger partial charge in [0.15, 0.2) is 0 Å². The van der Waals surface area contributed by atoms with Crippen LogP contribution in [0.1, 0.15) is 46.3 Å². The Morgan fingerprint density at radius 3 is 2.95 bits per heavy atom. The van der Waals surface area contributed by atoms with Gasteiger partial charge in [0.1, 0.15) is 6.04 Å². The molecule has 2 aliphatic rings. The molecular weight excluding hydrogens is 292 g/mol. The quantitative estimate of drug-likeness (QED) is 0.928. The highest BCUT2D eigenvalue weighted by Crippen LogP contribution is 2.44. The Kier molecular flexibility index (Phi) is 3.43. The summed E-state index contributed by atoms with van der Waals surface area (Å²) in [5.41, 5.74) is 8.79. The summed E-state index contributed by atoms with van der Waals surface area (Å²) in [6, 6.07) is 13.5. The molecule has 0 saturated carbocycles. The zero-order valence-corrected chi connectivity index (χ0v) is 13.5. The van der Waals surface area contributed by atoms with Crippen LogP contribution >= 0.6 is 11.3 Å². The lowest BCUT2D eigenvalue weighted by Gasteiger charge is -2.28. The molecule has 1 aliphatic heterocycles. The topological polar surface area (TPSA) is 38.5 Å². The minimum atomic E-state index is 0.126. The van der Waals surface area contributed by atoms with E-state index < -0.39 is 0 Å². The molecule has 0 amide bonds. The Hall–Kier alpha value is -1.78. The van der Waals surface area contributed by atoms with Crippen molar-refractivity contribution in [2.45, 2.75) is 38.3 Å². The average Bonchev–Trinajstić information content (AvgIpc) is 3.23. The largest absolute Gasteiger partial charge is 0.387 e. The highest BCUT2D eigenvalue weighted by molar-refractivity contribution is 7.12. The van der Waals surface area contributed by atoms with Crippen LogP contribution in [0.15, 0.2) is 48.4 Å². The molecular formula is C18H20N2OS. The molecule has 3 nitrogen and oxygen atoms in total. The van der Waals surface area contributed by atoms with Crippen LogP contribution in [-0.2, 0) is 17.7 Å². The van der Waals surface area contributed by atoms with Crippen molar-refractivity contribution >= 4 is 11.3 Å². The molecule has 2 N–H and O–H groups in total. The first-order chi connectivity index (χ1) is 10.8. The van der Waals surface area contributed by atoms with Crippen molar-refractivity contribution in [1.29, 1.82) is 0 Å². The molecule has 0 radical (unpaired) electrons. The summed E-state index contributed by atoms with van der Waals surface area (Å²) < 4.78 is 0. The van der Waals surface area contributed by atoms with Gasteiger partial charge in [-0.25, -0.2) is 0 Å². The van der Waals surface area contributed by atoms with Crippen LogP contribution < -0.4 is 5.73 Å². The molecule has 1 aromatic heterocycles. The molecule has 0 saturated heterocycles. The van der Waals surface area contributed by atoms with Crippen LogP contribution in [0.4, 0.5) is 0 Å². The van der Waals surface area contributed by atoms with Crippen molar-refractivity contribution in [1.82, 2.24) is 5.06 Å². The molecule has 2 heterocycles. The maximum absolute atomic E-state index is 5.98. The van der Waals surface area contributed by atoms with Gasteiger partial charge in [0.2, 0.25) is 5.88 Å². The number of thiophene rings is 1. The van der Waals surface area contributed by atoms with E-state index in [0.717, 1.165) is 19.3 Å². The Balaban J connectivity index is 1.67. The van der Waals surface area contributed by atoms with E-state index in [1.807, 2.05) is 17.4 Å². The number of benzene rings is 1. The Bertz CT molecular complexity index is 721. The van der Waals surface area contributed by atoms with Gasteiger partial charge in [-0.3, -0.25) is 0 Å². The third-order valence-corrected chi connectivity index (χ3v) is 5.84. The third-order valence-electron chi connectivity index (χ3n) is 4.54. The molecule has 1 aliphatic carbocycles. The van der Waals surface area contributed by atoms with Crippen molar-refractivity contribution in [2.75, 3.05) is 0 Å². The summed E-state index contributed by atoms with van der Waals surface area (Å²) in [6.07, 6.45) is 5.30. The molecule has 4 rings (SSSR count). The molecule has 4 heteroatoms. The summed E-state index contributed by atoms with van der Waals surface area (Å²) in [7, 11) is 0. The van der Waals surface area contributed by atoms with E-state index in [-0.39, 0.29) is 12.1 Å². The lowest BCUT2D eigenvalue weighted by Crippen LogP contribution is -2.27. The summed E-state index contributed by atoms with van der Waals surface area (Å²) in [5.74, 6) is 0.515. The van der Waals surface area contributed by atoms with Crippen LogP contribution in [-0.4, -0.2) is 5.06 Å². The number of aryl methyl sites for hydroxylation is 2. The van der Waals surface area contributed by atoms with Crippen molar-refractivity contribution in [3.8, 4) is 0 Å². The number of hydrogen-bond acceptors (Lipinski definition) is 4. The molecule has 1 aromatic carbocycles. The summed E-state index contributed by atoms with van der Waals surface area (Å²) in [5, 5.41) is 2.09. The number of nitrogens with zero attached hydrogens (tertiary/aromatic N) is 1. The SMILES string of the molecule is CCc1ccc(C2C=C(N)ON2C2CCc3ccccc32)s1. The van der Waals surface area contributed by atoms with Gasteiger partial charge in [0, 0.05) is 15.8 Å². The van der Waals surface area contributed by atoms with Crippen molar-refractivity contribution in [2.24, 2.45) is 5.73 Å². The summed E-state index contributed by atoms with van der Waals surface area (Å²) in [6.45, 7) is 2.19. The Morgan fingerprint density at radius 2 is 2.14 bits per heavy atom. The van der Waals surface area contributed by atoms with Crippen molar-refractivity contribution in [3.63, 3.8) is 0 Å². The van der Waals surface area contributed by atoms with E-state index in [0.29, 0.717) is 5.88 Å². The molecule has 2 unspecified atom stereocenters. The van der Waals surface area contributed by atoms with Gasteiger partial charge in [-0.15, -0.1) is 16.4 Å². The predicted molar refractivity (Wildman–Crippen MR) is 89.1 cm³/mol.